The fourth-order valence-corrected chi connectivity index (χ4v) is 4.17. The third-order valence-corrected chi connectivity index (χ3v) is 6.33. The van der Waals surface area contributed by atoms with E-state index in [9.17, 15) is 24.6 Å². The summed E-state index contributed by atoms with van der Waals surface area (Å²) in [6, 6.07) is 0. The van der Waals surface area contributed by atoms with Crippen LogP contribution in [-0.2, 0) is 19.1 Å². The molecule has 232 valence electrons. The minimum absolute atomic E-state index is 0.124. The molecule has 5 N–H and O–H groups in total. The highest BCUT2D eigenvalue weighted by Gasteiger charge is 2.21. The van der Waals surface area contributed by atoms with Crippen LogP contribution in [0.3, 0.4) is 0 Å². The van der Waals surface area contributed by atoms with Crippen LogP contribution in [0.15, 0.2) is 83.7 Å². The predicted molar refractivity (Wildman–Crippen MR) is 165 cm³/mol. The summed E-state index contributed by atoms with van der Waals surface area (Å²) >= 11 is 0. The Kier molecular flexibility index (Phi) is 17.5. The molecule has 1 aliphatic rings. The quantitative estimate of drug-likeness (QED) is 0.145. The summed E-state index contributed by atoms with van der Waals surface area (Å²) in [5.74, 6) is -0.764. The molecular formula is C33H48N2O7. The Morgan fingerprint density at radius 2 is 1.88 bits per heavy atom. The van der Waals surface area contributed by atoms with Crippen LogP contribution in [0.25, 0.3) is 0 Å². The Labute approximate surface area is 250 Å². The van der Waals surface area contributed by atoms with Crippen LogP contribution < -0.4 is 11.1 Å². The summed E-state index contributed by atoms with van der Waals surface area (Å²) in [5, 5.41) is 23.4. The van der Waals surface area contributed by atoms with Crippen LogP contribution in [0.1, 0.15) is 73.1 Å². The lowest BCUT2D eigenvalue weighted by Crippen LogP contribution is -2.32. The maximum Gasteiger partial charge on any atom is 0.404 e. The number of nitrogens with one attached hydrogen (secondary N) is 1. The topological polar surface area (TPSA) is 148 Å². The average Bonchev–Trinajstić information content (AvgIpc) is 2.89. The molecule has 0 radical (unpaired) electrons. The zero-order valence-electron chi connectivity index (χ0n) is 25.5. The van der Waals surface area contributed by atoms with Crippen molar-refractivity contribution in [2.75, 3.05) is 0 Å². The van der Waals surface area contributed by atoms with Gasteiger partial charge >= 0.3 is 12.1 Å². The van der Waals surface area contributed by atoms with Gasteiger partial charge in [0.1, 0.15) is 18.3 Å². The lowest BCUT2D eigenvalue weighted by atomic mass is 9.95. The number of nitrogens with two attached hydrogens (primary N) is 1. The van der Waals surface area contributed by atoms with Crippen LogP contribution in [0.4, 0.5) is 4.79 Å². The predicted octanol–water partition coefficient (Wildman–Crippen LogP) is 5.23. The second-order valence-corrected chi connectivity index (χ2v) is 10.8. The van der Waals surface area contributed by atoms with Crippen molar-refractivity contribution in [2.24, 2.45) is 11.7 Å². The Morgan fingerprint density at radius 1 is 1.14 bits per heavy atom. The number of allylic oxidation sites excluding steroid dienone is 7. The number of aliphatic hydroxyl groups excluding tert-OH is 2. The van der Waals surface area contributed by atoms with Crippen LogP contribution in [0.2, 0.25) is 0 Å². The van der Waals surface area contributed by atoms with Gasteiger partial charge in [0.15, 0.2) is 0 Å². The number of amides is 2. The van der Waals surface area contributed by atoms with Crippen molar-refractivity contribution in [3.05, 3.63) is 83.7 Å². The highest BCUT2D eigenvalue weighted by molar-refractivity contribution is 5.88. The lowest BCUT2D eigenvalue weighted by molar-refractivity contribution is -0.144. The molecule has 0 aromatic carbocycles. The number of aliphatic hydroxyl groups is 2. The first-order valence-electron chi connectivity index (χ1n) is 14.4. The minimum Gasteiger partial charge on any atom is -0.458 e. The second-order valence-electron chi connectivity index (χ2n) is 10.8. The molecule has 0 aromatic rings. The maximum absolute atomic E-state index is 12.6. The molecule has 0 aromatic heterocycles. The van der Waals surface area contributed by atoms with Crippen molar-refractivity contribution >= 4 is 18.0 Å². The summed E-state index contributed by atoms with van der Waals surface area (Å²) in [6.45, 7) is 9.54. The Bertz CT molecular complexity index is 1090. The van der Waals surface area contributed by atoms with E-state index in [1.54, 1.807) is 18.4 Å². The highest BCUT2D eigenvalue weighted by Crippen LogP contribution is 2.21. The van der Waals surface area contributed by atoms with E-state index in [1.165, 1.54) is 24.3 Å². The molecule has 9 nitrogen and oxygen atoms in total. The standard InChI is InChI=1S/C33H48N2O7/c1-23(2)20-31(38)35-19-18-25(4)21-26(5)30-22-24(3)12-8-6-10-14-29(42-33(34)40)28(37)17-16-27(36)13-9-7-11-15-32(39)41-30/h6,8,11-12,15-21,26-30,36-37H,7,9-10,13-14,22H2,1-5H3,(H2,34,40)(H,35,38)/b8-6+,15-11+,17-16+,19-18+,24-12+,25-21+/t26-,27+,28+,29+,30?/m1/s1. The fourth-order valence-electron chi connectivity index (χ4n) is 4.17. The van der Waals surface area contributed by atoms with E-state index in [-0.39, 0.29) is 11.8 Å². The van der Waals surface area contributed by atoms with E-state index in [1.807, 2.05) is 58.9 Å². The van der Waals surface area contributed by atoms with Crippen molar-refractivity contribution in [1.29, 1.82) is 0 Å². The van der Waals surface area contributed by atoms with Gasteiger partial charge in [-0.1, -0.05) is 66.2 Å². The first-order chi connectivity index (χ1) is 19.9. The number of hydrogen-bond donors (Lipinski definition) is 4. The molecule has 0 saturated carbocycles. The highest BCUT2D eigenvalue weighted by atomic mass is 16.6. The van der Waals surface area contributed by atoms with Gasteiger partial charge in [-0.25, -0.2) is 9.59 Å². The zero-order chi connectivity index (χ0) is 31.5. The normalized spacial score (nSPS) is 27.8. The molecule has 1 unspecified atom stereocenters. The summed E-state index contributed by atoms with van der Waals surface area (Å²) in [4.78, 5) is 35.8. The van der Waals surface area contributed by atoms with Crippen molar-refractivity contribution < 1.29 is 34.1 Å². The smallest absolute Gasteiger partial charge is 0.404 e. The number of ether oxygens (including phenoxy) is 2. The second kappa shape index (κ2) is 20.2. The van der Waals surface area contributed by atoms with Gasteiger partial charge in [-0.05, 0) is 65.9 Å². The van der Waals surface area contributed by atoms with Crippen LogP contribution in [0.5, 0.6) is 0 Å². The Hall–Kier alpha value is -3.69. The summed E-state index contributed by atoms with van der Waals surface area (Å²) in [7, 11) is 0. The van der Waals surface area contributed by atoms with Crippen LogP contribution >= 0.6 is 0 Å². The van der Waals surface area contributed by atoms with E-state index in [4.69, 9.17) is 15.2 Å². The number of primary amides is 1. The van der Waals surface area contributed by atoms with Gasteiger partial charge in [0, 0.05) is 30.7 Å². The van der Waals surface area contributed by atoms with Gasteiger partial charge in [-0.3, -0.25) is 4.79 Å². The van der Waals surface area contributed by atoms with Crippen LogP contribution in [-0.4, -0.2) is 52.6 Å². The minimum atomic E-state index is -1.11. The number of esters is 1. The molecule has 0 saturated heterocycles. The lowest BCUT2D eigenvalue weighted by Gasteiger charge is -2.22. The summed E-state index contributed by atoms with van der Waals surface area (Å²) < 4.78 is 10.9. The molecule has 5 atom stereocenters. The van der Waals surface area contributed by atoms with E-state index < -0.39 is 36.5 Å². The van der Waals surface area contributed by atoms with Crippen LogP contribution in [0, 0.1) is 5.92 Å². The van der Waals surface area contributed by atoms with E-state index >= 15 is 0 Å². The number of hydrogen-bond acceptors (Lipinski definition) is 7. The molecule has 1 heterocycles. The van der Waals surface area contributed by atoms with Gasteiger partial charge in [-0.15, -0.1) is 0 Å². The number of rotatable bonds is 6. The van der Waals surface area contributed by atoms with Gasteiger partial charge in [0.05, 0.1) is 6.10 Å². The van der Waals surface area contributed by atoms with Crippen molar-refractivity contribution in [1.82, 2.24) is 5.32 Å². The maximum atomic E-state index is 12.6. The fraction of sp³-hybridized carbons (Fsp3) is 0.485. The average molecular weight is 585 g/mol. The number of cyclic esters (lactones) is 1. The summed E-state index contributed by atoms with van der Waals surface area (Å²) in [5.41, 5.74) is 7.98. The molecule has 1 rings (SSSR count). The molecular weight excluding hydrogens is 536 g/mol. The third-order valence-electron chi connectivity index (χ3n) is 6.33. The Morgan fingerprint density at radius 3 is 2.57 bits per heavy atom. The Balaban J connectivity index is 3.09. The number of carbonyl (C=O) groups excluding carboxylic acids is 3. The molecule has 2 amide bonds. The van der Waals surface area contributed by atoms with E-state index in [0.717, 1.165) is 16.7 Å². The molecule has 0 fully saturated rings. The first kappa shape index (κ1) is 36.3. The molecule has 1 aliphatic heterocycles. The van der Waals surface area contributed by atoms with Gasteiger partial charge in [0.2, 0.25) is 5.91 Å². The van der Waals surface area contributed by atoms with Gasteiger partial charge in [0.25, 0.3) is 0 Å². The van der Waals surface area contributed by atoms with Gasteiger partial charge < -0.3 is 30.7 Å². The van der Waals surface area contributed by atoms with Crippen molar-refractivity contribution in [2.45, 2.75) is 97.6 Å². The molecule has 9 heteroatoms. The van der Waals surface area contributed by atoms with Crippen molar-refractivity contribution in [3.63, 3.8) is 0 Å². The monoisotopic (exact) mass is 584 g/mol. The van der Waals surface area contributed by atoms with Crippen molar-refractivity contribution in [3.8, 4) is 0 Å². The largest absolute Gasteiger partial charge is 0.458 e. The number of carbonyl (C=O) groups is 3. The molecule has 42 heavy (non-hydrogen) atoms. The SMILES string of the molecule is CC(C)=CC(=O)N/C=C/C(C)=C/[C@@H](C)C1C/C(C)=C/C=C/CC[C@H](OC(N)=O)[C@@H](O)/C=C/[C@@H](O)CCC/C=C/C(=O)O1. The van der Waals surface area contributed by atoms with Gasteiger partial charge in [-0.2, -0.15) is 0 Å². The summed E-state index contributed by atoms with van der Waals surface area (Å²) in [6.07, 6.45) is 17.3. The third kappa shape index (κ3) is 17.2. The van der Waals surface area contributed by atoms with E-state index in [2.05, 4.69) is 5.32 Å². The molecule has 0 bridgehead atoms. The van der Waals surface area contributed by atoms with E-state index in [0.29, 0.717) is 38.5 Å². The zero-order valence-corrected chi connectivity index (χ0v) is 25.5. The first-order valence-corrected chi connectivity index (χ1v) is 14.4. The molecule has 0 aliphatic carbocycles. The molecule has 0 spiro atoms.